The molecule has 0 unspecified atom stereocenters. The molecule has 0 amide bonds. The van der Waals surface area contributed by atoms with Crippen molar-refractivity contribution in [2.45, 2.75) is 54.9 Å². The van der Waals surface area contributed by atoms with Crippen molar-refractivity contribution in [3.05, 3.63) is 70.8 Å². The Kier molecular flexibility index (Phi) is 4.23. The molecule has 6 rings (SSSR count). The van der Waals surface area contributed by atoms with Crippen LogP contribution in [0, 0.1) is 6.92 Å². The number of rotatable bonds is 3. The van der Waals surface area contributed by atoms with Crippen LogP contribution in [-0.2, 0) is 14.8 Å². The van der Waals surface area contributed by atoms with Crippen molar-refractivity contribution in [1.82, 2.24) is 4.31 Å². The van der Waals surface area contributed by atoms with Gasteiger partial charge in [-0.2, -0.15) is 0 Å². The number of ether oxygens (including phenoxy) is 2. The number of hydrogen-bond acceptors (Lipinski definition) is 6. The molecule has 3 heterocycles. The summed E-state index contributed by atoms with van der Waals surface area (Å²) in [7, 11) is -2.13. The van der Waals surface area contributed by atoms with Crippen molar-refractivity contribution in [3.63, 3.8) is 0 Å². The third kappa shape index (κ3) is 2.74. The number of sulfonamides is 1. The Morgan fingerprint density at radius 2 is 1.97 bits per heavy atom. The zero-order valence-electron chi connectivity index (χ0n) is 18.8. The quantitative estimate of drug-likeness (QED) is 0.749. The molecule has 2 bridgehead atoms. The van der Waals surface area contributed by atoms with Crippen molar-refractivity contribution >= 4 is 15.9 Å². The SMILES string of the molecule is COc1cccc2c1[C@@H]1C[C@@](C)(O[C@@]13C=C1CCN(S(=O)(=O)c4ccc(C)cc4)C1=N3)[C@@H]2O. The topological polar surface area (TPSA) is 88.4 Å². The van der Waals surface area contributed by atoms with Crippen LogP contribution in [0.15, 0.2) is 64.0 Å². The maximum atomic E-state index is 13.5. The Labute approximate surface area is 193 Å². The van der Waals surface area contributed by atoms with E-state index in [0.717, 1.165) is 22.3 Å². The lowest BCUT2D eigenvalue weighted by molar-refractivity contribution is -0.126. The van der Waals surface area contributed by atoms with Gasteiger partial charge in [0.2, 0.25) is 0 Å². The number of amidine groups is 1. The van der Waals surface area contributed by atoms with Crippen LogP contribution in [0.4, 0.5) is 0 Å². The molecule has 0 aromatic heterocycles. The molecule has 4 aliphatic rings. The summed E-state index contributed by atoms with van der Waals surface area (Å²) in [4.78, 5) is 5.20. The second-order valence-electron chi connectivity index (χ2n) is 9.53. The minimum atomic E-state index is -3.75. The number of benzene rings is 2. The van der Waals surface area contributed by atoms with Gasteiger partial charge in [-0.1, -0.05) is 29.8 Å². The first-order chi connectivity index (χ1) is 15.7. The zero-order valence-corrected chi connectivity index (χ0v) is 19.6. The molecule has 1 spiro atoms. The van der Waals surface area contributed by atoms with Gasteiger partial charge in [0, 0.05) is 18.0 Å². The van der Waals surface area contributed by atoms with E-state index in [-0.39, 0.29) is 10.8 Å². The fraction of sp³-hybridized carbons (Fsp3) is 0.400. The summed E-state index contributed by atoms with van der Waals surface area (Å²) in [5.41, 5.74) is 1.64. The molecule has 2 fully saturated rings. The van der Waals surface area contributed by atoms with Gasteiger partial charge in [-0.3, -0.25) is 0 Å². The van der Waals surface area contributed by atoms with Crippen LogP contribution in [-0.4, -0.2) is 48.6 Å². The van der Waals surface area contributed by atoms with Crippen LogP contribution in [0.5, 0.6) is 5.75 Å². The summed E-state index contributed by atoms with van der Waals surface area (Å²) in [6.07, 6.45) is 2.27. The monoisotopic (exact) mass is 466 g/mol. The van der Waals surface area contributed by atoms with Crippen molar-refractivity contribution in [3.8, 4) is 5.75 Å². The number of methoxy groups -OCH3 is 1. The maximum absolute atomic E-state index is 13.5. The average Bonchev–Trinajstić information content (AvgIpc) is 3.42. The fourth-order valence-corrected chi connectivity index (χ4v) is 7.26. The second-order valence-corrected chi connectivity index (χ2v) is 11.4. The molecule has 33 heavy (non-hydrogen) atoms. The molecule has 2 aromatic carbocycles. The lowest BCUT2D eigenvalue weighted by atomic mass is 9.72. The molecule has 1 N–H and O–H groups in total. The van der Waals surface area contributed by atoms with E-state index in [0.29, 0.717) is 31.0 Å². The summed E-state index contributed by atoms with van der Waals surface area (Å²) in [5.74, 6) is 0.938. The molecule has 0 saturated carbocycles. The smallest absolute Gasteiger partial charge is 0.265 e. The highest BCUT2D eigenvalue weighted by molar-refractivity contribution is 7.89. The highest BCUT2D eigenvalue weighted by Gasteiger charge is 2.63. The molecule has 0 radical (unpaired) electrons. The predicted molar refractivity (Wildman–Crippen MR) is 123 cm³/mol. The van der Waals surface area contributed by atoms with E-state index in [1.54, 1.807) is 31.4 Å². The van der Waals surface area contributed by atoms with Gasteiger partial charge in [0.15, 0.2) is 5.72 Å². The molecule has 8 heteroatoms. The third-order valence-corrected chi connectivity index (χ3v) is 9.23. The number of aliphatic imine (C=N–C) groups is 1. The number of nitrogens with zero attached hydrogens (tertiary/aromatic N) is 2. The molecular formula is C25H26N2O5S. The van der Waals surface area contributed by atoms with Crippen LogP contribution in [0.3, 0.4) is 0 Å². The van der Waals surface area contributed by atoms with Gasteiger partial charge in [0.1, 0.15) is 17.7 Å². The zero-order chi connectivity index (χ0) is 23.2. The van der Waals surface area contributed by atoms with Crippen molar-refractivity contribution in [2.24, 2.45) is 4.99 Å². The van der Waals surface area contributed by atoms with Gasteiger partial charge in [-0.05, 0) is 62.1 Å². The first kappa shape index (κ1) is 20.9. The van der Waals surface area contributed by atoms with E-state index in [2.05, 4.69) is 0 Å². The maximum Gasteiger partial charge on any atom is 0.265 e. The van der Waals surface area contributed by atoms with E-state index >= 15 is 0 Å². The summed E-state index contributed by atoms with van der Waals surface area (Å²) in [5, 5.41) is 11.2. The molecule has 172 valence electrons. The summed E-state index contributed by atoms with van der Waals surface area (Å²) >= 11 is 0. The molecule has 1 aliphatic carbocycles. The largest absolute Gasteiger partial charge is 0.496 e. The van der Waals surface area contributed by atoms with Gasteiger partial charge in [-0.15, -0.1) is 0 Å². The van der Waals surface area contributed by atoms with E-state index in [9.17, 15) is 13.5 Å². The Morgan fingerprint density at radius 3 is 2.70 bits per heavy atom. The predicted octanol–water partition coefficient (Wildman–Crippen LogP) is 3.44. The minimum Gasteiger partial charge on any atom is -0.496 e. The lowest BCUT2D eigenvalue weighted by Crippen LogP contribution is -2.36. The molecule has 7 nitrogen and oxygen atoms in total. The van der Waals surface area contributed by atoms with Gasteiger partial charge < -0.3 is 14.6 Å². The van der Waals surface area contributed by atoms with Gasteiger partial charge in [0.05, 0.1) is 17.6 Å². The molecule has 4 atom stereocenters. The first-order valence-corrected chi connectivity index (χ1v) is 12.6. The summed E-state index contributed by atoms with van der Waals surface area (Å²) in [6, 6.07) is 12.5. The number of aryl methyl sites for hydroxylation is 1. The number of hydrogen-bond donors (Lipinski definition) is 1. The Hall–Kier alpha value is -2.68. The van der Waals surface area contributed by atoms with Crippen LogP contribution < -0.4 is 4.74 Å². The van der Waals surface area contributed by atoms with E-state index in [1.165, 1.54) is 4.31 Å². The Bertz CT molecular complexity index is 1330. The van der Waals surface area contributed by atoms with E-state index in [4.69, 9.17) is 14.5 Å². The number of aliphatic hydroxyl groups excluding tert-OH is 1. The van der Waals surface area contributed by atoms with Gasteiger partial charge in [0.25, 0.3) is 10.0 Å². The Morgan fingerprint density at radius 1 is 1.21 bits per heavy atom. The van der Waals surface area contributed by atoms with Crippen molar-refractivity contribution in [2.75, 3.05) is 13.7 Å². The van der Waals surface area contributed by atoms with Gasteiger partial charge >= 0.3 is 0 Å². The molecule has 2 saturated heterocycles. The van der Waals surface area contributed by atoms with Crippen LogP contribution >= 0.6 is 0 Å². The summed E-state index contributed by atoms with van der Waals surface area (Å²) < 4.78 is 40.5. The van der Waals surface area contributed by atoms with E-state index in [1.807, 2.05) is 38.1 Å². The molecular weight excluding hydrogens is 440 g/mol. The highest BCUT2D eigenvalue weighted by Crippen LogP contribution is 2.62. The molecule has 2 aromatic rings. The van der Waals surface area contributed by atoms with E-state index < -0.39 is 27.5 Å². The first-order valence-electron chi connectivity index (χ1n) is 11.1. The number of fused-ring (bicyclic) bond motifs is 6. The normalized spacial score (nSPS) is 31.9. The van der Waals surface area contributed by atoms with Crippen molar-refractivity contribution < 1.29 is 23.0 Å². The highest BCUT2D eigenvalue weighted by atomic mass is 32.2. The van der Waals surface area contributed by atoms with Crippen LogP contribution in [0.25, 0.3) is 0 Å². The standard InChI is InChI=1S/C25H26N2O5S/c1-15-7-9-17(10-8-15)33(29,30)27-12-11-16-13-25(26-23(16)27)19-14-24(2,32-25)22(28)18-5-4-6-20(31-3)21(18)19/h4-10,13,19,22,28H,11-12,14H2,1-3H3/t19-,22+,24+,25-/m0/s1. The molecule has 3 aliphatic heterocycles. The number of aliphatic hydroxyl groups is 1. The fourth-order valence-electron chi connectivity index (χ4n) is 5.81. The third-order valence-electron chi connectivity index (χ3n) is 7.42. The summed E-state index contributed by atoms with van der Waals surface area (Å²) in [6.45, 7) is 4.17. The Balaban J connectivity index is 1.46. The van der Waals surface area contributed by atoms with Crippen LogP contribution in [0.2, 0.25) is 0 Å². The van der Waals surface area contributed by atoms with Crippen molar-refractivity contribution in [1.29, 1.82) is 0 Å². The lowest BCUT2D eigenvalue weighted by Gasteiger charge is -2.34. The van der Waals surface area contributed by atoms with Gasteiger partial charge in [-0.25, -0.2) is 17.7 Å². The van der Waals surface area contributed by atoms with Crippen LogP contribution in [0.1, 0.15) is 48.5 Å². The second kappa shape index (κ2) is 6.68. The minimum absolute atomic E-state index is 0.188. The average molecular weight is 467 g/mol.